The van der Waals surface area contributed by atoms with Crippen LogP contribution in [-0.2, 0) is 6.54 Å². The van der Waals surface area contributed by atoms with E-state index in [1.807, 2.05) is 13.1 Å². The van der Waals surface area contributed by atoms with Crippen molar-refractivity contribution >= 4 is 0 Å². The molecule has 0 amide bonds. The molecule has 0 saturated carbocycles. The zero-order valence-electron chi connectivity index (χ0n) is 10.0. The predicted molar refractivity (Wildman–Crippen MR) is 63.1 cm³/mol. The highest BCUT2D eigenvalue weighted by molar-refractivity contribution is 5.36. The van der Waals surface area contributed by atoms with Crippen molar-refractivity contribution in [3.8, 4) is 5.75 Å². The summed E-state index contributed by atoms with van der Waals surface area (Å²) in [4.78, 5) is 2.22. The molecular weight excluding hydrogens is 188 g/mol. The normalized spacial score (nSPS) is 10.7. The Bertz CT molecular complexity index is 312. The van der Waals surface area contributed by atoms with Crippen LogP contribution in [0.15, 0.2) is 18.2 Å². The summed E-state index contributed by atoms with van der Waals surface area (Å²) in [6, 6.07) is 6.31. The van der Waals surface area contributed by atoms with E-state index in [0.717, 1.165) is 19.0 Å². The van der Waals surface area contributed by atoms with Gasteiger partial charge in [0.1, 0.15) is 5.75 Å². The molecule has 0 spiro atoms. The minimum absolute atomic E-state index is 0.894. The van der Waals surface area contributed by atoms with Gasteiger partial charge >= 0.3 is 0 Å². The Kier molecular flexibility index (Phi) is 4.59. The first kappa shape index (κ1) is 12.0. The highest BCUT2D eigenvalue weighted by atomic mass is 16.5. The van der Waals surface area contributed by atoms with E-state index in [1.165, 1.54) is 11.1 Å². The third-order valence-corrected chi connectivity index (χ3v) is 2.34. The van der Waals surface area contributed by atoms with Gasteiger partial charge in [-0.2, -0.15) is 0 Å². The van der Waals surface area contributed by atoms with Gasteiger partial charge < -0.3 is 10.1 Å². The lowest BCUT2D eigenvalue weighted by molar-refractivity contribution is 0.309. The number of nitrogens with one attached hydrogen (secondary N) is 1. The van der Waals surface area contributed by atoms with Gasteiger partial charge in [-0.05, 0) is 38.2 Å². The Labute approximate surface area is 92.0 Å². The first-order valence-corrected chi connectivity index (χ1v) is 5.14. The van der Waals surface area contributed by atoms with Crippen LogP contribution in [-0.4, -0.2) is 32.8 Å². The molecule has 1 rings (SSSR count). The van der Waals surface area contributed by atoms with Crippen LogP contribution >= 0.6 is 0 Å². The maximum absolute atomic E-state index is 5.23. The smallest absolute Gasteiger partial charge is 0.121 e. The van der Waals surface area contributed by atoms with Crippen LogP contribution < -0.4 is 10.1 Å². The minimum atomic E-state index is 0.894. The number of rotatable bonds is 5. The van der Waals surface area contributed by atoms with Crippen molar-refractivity contribution in [3.63, 3.8) is 0 Å². The highest BCUT2D eigenvalue weighted by Crippen LogP contribution is 2.18. The number of aryl methyl sites for hydroxylation is 1. The van der Waals surface area contributed by atoms with Crippen LogP contribution in [0.3, 0.4) is 0 Å². The van der Waals surface area contributed by atoms with Crippen molar-refractivity contribution in [3.05, 3.63) is 29.3 Å². The van der Waals surface area contributed by atoms with Crippen LogP contribution in [0.5, 0.6) is 5.75 Å². The molecule has 0 aliphatic rings. The summed E-state index contributed by atoms with van der Waals surface area (Å²) in [6.45, 7) is 3.91. The molecule has 1 aromatic carbocycles. The number of benzene rings is 1. The van der Waals surface area contributed by atoms with Crippen molar-refractivity contribution in [1.29, 1.82) is 0 Å². The molecule has 84 valence electrons. The lowest BCUT2D eigenvalue weighted by Crippen LogP contribution is -2.28. The molecule has 0 saturated heterocycles. The van der Waals surface area contributed by atoms with Crippen LogP contribution in [0.4, 0.5) is 0 Å². The van der Waals surface area contributed by atoms with Crippen LogP contribution in [0.1, 0.15) is 11.1 Å². The Morgan fingerprint density at radius 1 is 1.40 bits per heavy atom. The standard InChI is InChI=1S/C12H20N2O/c1-10-7-11(5-6-12(10)15-4)8-14(3)9-13-2/h5-7,13H,8-9H2,1-4H3. The summed E-state index contributed by atoms with van der Waals surface area (Å²) in [6.07, 6.45) is 0. The fourth-order valence-electron chi connectivity index (χ4n) is 1.68. The largest absolute Gasteiger partial charge is 0.496 e. The number of methoxy groups -OCH3 is 1. The van der Waals surface area contributed by atoms with Crippen LogP contribution in [0, 0.1) is 6.92 Å². The molecule has 0 heterocycles. The lowest BCUT2D eigenvalue weighted by Gasteiger charge is -2.16. The van der Waals surface area contributed by atoms with E-state index >= 15 is 0 Å². The van der Waals surface area contributed by atoms with Crippen molar-refractivity contribution in [2.45, 2.75) is 13.5 Å². The Balaban J connectivity index is 2.66. The summed E-state index contributed by atoms with van der Waals surface area (Å²) >= 11 is 0. The second-order valence-electron chi connectivity index (χ2n) is 3.83. The molecule has 0 atom stereocenters. The maximum atomic E-state index is 5.23. The Morgan fingerprint density at radius 3 is 2.67 bits per heavy atom. The molecule has 3 heteroatoms. The third-order valence-electron chi connectivity index (χ3n) is 2.34. The maximum Gasteiger partial charge on any atom is 0.121 e. The number of hydrogen-bond acceptors (Lipinski definition) is 3. The third kappa shape index (κ3) is 3.53. The van der Waals surface area contributed by atoms with E-state index in [-0.39, 0.29) is 0 Å². The van der Waals surface area contributed by atoms with Gasteiger partial charge in [-0.3, -0.25) is 4.90 Å². The Hall–Kier alpha value is -1.06. The average Bonchev–Trinajstić information content (AvgIpc) is 2.18. The summed E-state index contributed by atoms with van der Waals surface area (Å²) in [5.41, 5.74) is 2.50. The SMILES string of the molecule is CNCN(C)Cc1ccc(OC)c(C)c1. The first-order valence-electron chi connectivity index (χ1n) is 5.14. The molecule has 0 aliphatic carbocycles. The van der Waals surface area contributed by atoms with Crippen molar-refractivity contribution in [2.24, 2.45) is 0 Å². The van der Waals surface area contributed by atoms with Gasteiger partial charge in [0.2, 0.25) is 0 Å². The van der Waals surface area contributed by atoms with Crippen LogP contribution in [0.25, 0.3) is 0 Å². The number of hydrogen-bond donors (Lipinski definition) is 1. The van der Waals surface area contributed by atoms with Crippen molar-refractivity contribution in [1.82, 2.24) is 10.2 Å². The fraction of sp³-hybridized carbons (Fsp3) is 0.500. The van der Waals surface area contributed by atoms with Gasteiger partial charge in [0.15, 0.2) is 0 Å². The molecular formula is C12H20N2O. The summed E-state index contributed by atoms with van der Waals surface area (Å²) < 4.78 is 5.23. The molecule has 15 heavy (non-hydrogen) atoms. The molecule has 0 bridgehead atoms. The van der Waals surface area contributed by atoms with E-state index in [1.54, 1.807) is 7.11 Å². The lowest BCUT2D eigenvalue weighted by atomic mass is 10.1. The van der Waals surface area contributed by atoms with E-state index < -0.39 is 0 Å². The predicted octanol–water partition coefficient (Wildman–Crippen LogP) is 1.61. The second-order valence-corrected chi connectivity index (χ2v) is 3.83. The van der Waals surface area contributed by atoms with Gasteiger partial charge in [0, 0.05) is 13.2 Å². The van der Waals surface area contributed by atoms with E-state index in [2.05, 4.69) is 36.3 Å². The monoisotopic (exact) mass is 208 g/mol. The zero-order valence-corrected chi connectivity index (χ0v) is 10.0. The summed E-state index contributed by atoms with van der Waals surface area (Å²) in [5, 5.41) is 3.13. The van der Waals surface area contributed by atoms with Gasteiger partial charge in [-0.1, -0.05) is 12.1 Å². The highest BCUT2D eigenvalue weighted by Gasteiger charge is 2.02. The molecule has 1 aromatic rings. The molecule has 0 radical (unpaired) electrons. The van der Waals surface area contributed by atoms with Gasteiger partial charge in [0.25, 0.3) is 0 Å². The van der Waals surface area contributed by atoms with E-state index in [0.29, 0.717) is 0 Å². The first-order chi connectivity index (χ1) is 7.17. The molecule has 3 nitrogen and oxygen atoms in total. The van der Waals surface area contributed by atoms with Gasteiger partial charge in [-0.25, -0.2) is 0 Å². The zero-order chi connectivity index (χ0) is 11.3. The van der Waals surface area contributed by atoms with Crippen molar-refractivity contribution in [2.75, 3.05) is 27.9 Å². The quantitative estimate of drug-likeness (QED) is 0.744. The second kappa shape index (κ2) is 5.73. The number of ether oxygens (including phenoxy) is 1. The molecule has 0 unspecified atom stereocenters. The minimum Gasteiger partial charge on any atom is -0.496 e. The fourth-order valence-corrected chi connectivity index (χ4v) is 1.68. The van der Waals surface area contributed by atoms with Gasteiger partial charge in [0.05, 0.1) is 7.11 Å². The molecule has 0 fully saturated rings. The summed E-state index contributed by atoms with van der Waals surface area (Å²) in [7, 11) is 5.75. The Morgan fingerprint density at radius 2 is 2.13 bits per heavy atom. The van der Waals surface area contributed by atoms with E-state index in [4.69, 9.17) is 4.74 Å². The molecule has 0 aliphatic heterocycles. The average molecular weight is 208 g/mol. The topological polar surface area (TPSA) is 24.5 Å². The van der Waals surface area contributed by atoms with E-state index in [9.17, 15) is 0 Å². The van der Waals surface area contributed by atoms with Crippen molar-refractivity contribution < 1.29 is 4.74 Å². The molecule has 0 aromatic heterocycles. The summed E-state index contributed by atoms with van der Waals surface area (Å²) in [5.74, 6) is 0.954. The number of nitrogens with zero attached hydrogens (tertiary/aromatic N) is 1. The van der Waals surface area contributed by atoms with Crippen LogP contribution in [0.2, 0.25) is 0 Å². The molecule has 1 N–H and O–H groups in total. The van der Waals surface area contributed by atoms with Gasteiger partial charge in [-0.15, -0.1) is 0 Å².